The molecule has 0 amide bonds. The lowest BCUT2D eigenvalue weighted by Crippen LogP contribution is -2.29. The van der Waals surface area contributed by atoms with Crippen LogP contribution in [0.4, 0.5) is 5.69 Å². The zero-order valence-electron chi connectivity index (χ0n) is 16.3. The number of aryl methyl sites for hydroxylation is 3. The van der Waals surface area contributed by atoms with Crippen LogP contribution in [-0.4, -0.2) is 32.7 Å². The molecule has 0 aliphatic rings. The van der Waals surface area contributed by atoms with Gasteiger partial charge in [-0.1, -0.05) is 31.7 Å². The number of thioether (sulfide) groups is 1. The maximum Gasteiger partial charge on any atom is 0.190 e. The number of rotatable bonds is 8. The molecular weight excluding hydrogens is 362 g/mol. The maximum atomic E-state index is 5.40. The minimum Gasteiger partial charge on any atom is -0.362 e. The molecule has 0 unspecified atom stereocenters. The van der Waals surface area contributed by atoms with E-state index in [1.54, 1.807) is 11.8 Å². The van der Waals surface area contributed by atoms with Crippen LogP contribution in [0.15, 0.2) is 23.4 Å². The minimum absolute atomic E-state index is 0.573. The van der Waals surface area contributed by atoms with Crippen LogP contribution >= 0.6 is 24.0 Å². The van der Waals surface area contributed by atoms with Gasteiger partial charge in [-0.15, -0.1) is 10.2 Å². The number of hydrogen-bond donors (Lipinski definition) is 2. The molecule has 0 aliphatic carbocycles. The van der Waals surface area contributed by atoms with Crippen LogP contribution in [0.2, 0.25) is 0 Å². The third-order valence-electron chi connectivity index (χ3n) is 3.87. The Hall–Kier alpha value is -1.60. The predicted octanol–water partition coefficient (Wildman–Crippen LogP) is 4.19. The van der Waals surface area contributed by atoms with Crippen LogP contribution in [0.1, 0.15) is 37.2 Å². The predicted molar refractivity (Wildman–Crippen MR) is 115 cm³/mol. The number of hydrogen-bond acceptors (Lipinski definition) is 4. The molecule has 0 radical (unpaired) electrons. The van der Waals surface area contributed by atoms with E-state index in [1.807, 2.05) is 6.26 Å². The molecule has 2 N–H and O–H groups in total. The summed E-state index contributed by atoms with van der Waals surface area (Å²) < 4.78 is 2.24. The van der Waals surface area contributed by atoms with Crippen molar-refractivity contribution in [2.45, 2.75) is 52.2 Å². The van der Waals surface area contributed by atoms with Gasteiger partial charge in [-0.25, -0.2) is 0 Å². The van der Waals surface area contributed by atoms with E-state index in [9.17, 15) is 0 Å². The van der Waals surface area contributed by atoms with Crippen molar-refractivity contribution in [3.63, 3.8) is 0 Å². The van der Waals surface area contributed by atoms with E-state index in [0.717, 1.165) is 42.6 Å². The lowest BCUT2D eigenvalue weighted by Gasteiger charge is -2.13. The van der Waals surface area contributed by atoms with Crippen molar-refractivity contribution >= 4 is 34.8 Å². The molecule has 7 heteroatoms. The van der Waals surface area contributed by atoms with Crippen LogP contribution < -0.4 is 10.6 Å². The summed E-state index contributed by atoms with van der Waals surface area (Å²) in [6.45, 7) is 10.4. The summed E-state index contributed by atoms with van der Waals surface area (Å²) in [6, 6.07) is 6.34. The molecule has 0 bridgehead atoms. The first-order chi connectivity index (χ1) is 12.4. The molecular formula is C19H29N5S2. The van der Waals surface area contributed by atoms with Gasteiger partial charge in [0.25, 0.3) is 0 Å². The summed E-state index contributed by atoms with van der Waals surface area (Å²) in [7, 11) is 0. The van der Waals surface area contributed by atoms with Gasteiger partial charge in [0, 0.05) is 25.2 Å². The van der Waals surface area contributed by atoms with E-state index >= 15 is 0 Å². The molecule has 142 valence electrons. The van der Waals surface area contributed by atoms with Gasteiger partial charge in [-0.05, 0) is 67.9 Å². The van der Waals surface area contributed by atoms with E-state index < -0.39 is 0 Å². The SMILES string of the molecule is CSc1nnc(CCCNC(=S)Nc2cc(C)cc(C)c2)n1CC(C)C. The summed E-state index contributed by atoms with van der Waals surface area (Å²) in [4.78, 5) is 0. The molecule has 0 atom stereocenters. The van der Waals surface area contributed by atoms with E-state index in [-0.39, 0.29) is 0 Å². The van der Waals surface area contributed by atoms with Gasteiger partial charge < -0.3 is 15.2 Å². The second-order valence-corrected chi connectivity index (χ2v) is 8.15. The Labute approximate surface area is 166 Å². The first kappa shape index (κ1) is 20.7. The van der Waals surface area contributed by atoms with Crippen LogP contribution in [0, 0.1) is 19.8 Å². The topological polar surface area (TPSA) is 54.8 Å². The summed E-state index contributed by atoms with van der Waals surface area (Å²) in [5.41, 5.74) is 3.48. The van der Waals surface area contributed by atoms with Gasteiger partial charge >= 0.3 is 0 Å². The molecule has 0 fully saturated rings. The van der Waals surface area contributed by atoms with Crippen LogP contribution in [0.3, 0.4) is 0 Å². The highest BCUT2D eigenvalue weighted by Crippen LogP contribution is 2.17. The Balaban J connectivity index is 1.81. The summed E-state index contributed by atoms with van der Waals surface area (Å²) in [5, 5.41) is 16.8. The molecule has 2 rings (SSSR count). The lowest BCUT2D eigenvalue weighted by molar-refractivity contribution is 0.477. The van der Waals surface area contributed by atoms with Crippen molar-refractivity contribution < 1.29 is 0 Å². The molecule has 1 heterocycles. The monoisotopic (exact) mass is 391 g/mol. The molecule has 1 aromatic carbocycles. The first-order valence-electron chi connectivity index (χ1n) is 8.98. The highest BCUT2D eigenvalue weighted by Gasteiger charge is 2.12. The van der Waals surface area contributed by atoms with Crippen LogP contribution in [-0.2, 0) is 13.0 Å². The van der Waals surface area contributed by atoms with Gasteiger partial charge in [-0.3, -0.25) is 0 Å². The van der Waals surface area contributed by atoms with Crippen molar-refractivity contribution in [1.29, 1.82) is 0 Å². The number of anilines is 1. The van der Waals surface area contributed by atoms with Crippen molar-refractivity contribution in [2.75, 3.05) is 18.1 Å². The van der Waals surface area contributed by atoms with E-state index in [0.29, 0.717) is 11.0 Å². The molecule has 0 spiro atoms. The third kappa shape index (κ3) is 6.29. The second kappa shape index (κ2) is 9.92. The molecule has 0 saturated heterocycles. The summed E-state index contributed by atoms with van der Waals surface area (Å²) >= 11 is 7.05. The van der Waals surface area contributed by atoms with Gasteiger partial charge in [0.1, 0.15) is 5.82 Å². The average Bonchev–Trinajstić information content (AvgIpc) is 2.91. The van der Waals surface area contributed by atoms with Crippen molar-refractivity contribution in [2.24, 2.45) is 5.92 Å². The van der Waals surface area contributed by atoms with Crippen molar-refractivity contribution in [3.05, 3.63) is 35.2 Å². The molecule has 0 aliphatic heterocycles. The van der Waals surface area contributed by atoms with Gasteiger partial charge in [0.2, 0.25) is 0 Å². The zero-order chi connectivity index (χ0) is 19.1. The van der Waals surface area contributed by atoms with Gasteiger partial charge in [0.15, 0.2) is 10.3 Å². The van der Waals surface area contributed by atoms with Crippen molar-refractivity contribution in [1.82, 2.24) is 20.1 Å². The fourth-order valence-corrected chi connectivity index (χ4v) is 3.62. The Bertz CT molecular complexity index is 719. The van der Waals surface area contributed by atoms with Crippen LogP contribution in [0.5, 0.6) is 0 Å². The number of nitrogens with zero attached hydrogens (tertiary/aromatic N) is 3. The number of benzene rings is 1. The molecule has 5 nitrogen and oxygen atoms in total. The minimum atomic E-state index is 0.573. The zero-order valence-corrected chi connectivity index (χ0v) is 17.9. The Morgan fingerprint density at radius 1 is 1.19 bits per heavy atom. The highest BCUT2D eigenvalue weighted by molar-refractivity contribution is 7.98. The number of nitrogens with one attached hydrogen (secondary N) is 2. The highest BCUT2D eigenvalue weighted by atomic mass is 32.2. The van der Waals surface area contributed by atoms with E-state index in [1.165, 1.54) is 11.1 Å². The summed E-state index contributed by atoms with van der Waals surface area (Å²) in [6.07, 6.45) is 3.89. The summed E-state index contributed by atoms with van der Waals surface area (Å²) in [5.74, 6) is 1.63. The quantitative estimate of drug-likeness (QED) is 0.400. The number of aromatic nitrogens is 3. The van der Waals surface area contributed by atoms with E-state index in [2.05, 4.69) is 71.3 Å². The maximum absolute atomic E-state index is 5.40. The average molecular weight is 392 g/mol. The standard InChI is InChI=1S/C19H29N5S2/c1-13(2)12-24-17(22-23-19(24)26-5)7-6-8-20-18(25)21-16-10-14(3)9-15(4)11-16/h9-11,13H,6-8,12H2,1-5H3,(H2,20,21,25). The fraction of sp³-hybridized carbons (Fsp3) is 0.526. The Kier molecular flexibility index (Phi) is 7.90. The van der Waals surface area contributed by atoms with Crippen molar-refractivity contribution in [3.8, 4) is 0 Å². The Morgan fingerprint density at radius 2 is 1.88 bits per heavy atom. The normalized spacial score (nSPS) is 11.0. The molecule has 0 saturated carbocycles. The Morgan fingerprint density at radius 3 is 2.50 bits per heavy atom. The van der Waals surface area contributed by atoms with Gasteiger partial charge in [-0.2, -0.15) is 0 Å². The number of thiocarbonyl (C=S) groups is 1. The largest absolute Gasteiger partial charge is 0.362 e. The molecule has 2 aromatic rings. The second-order valence-electron chi connectivity index (χ2n) is 6.97. The third-order valence-corrected chi connectivity index (χ3v) is 4.78. The lowest BCUT2D eigenvalue weighted by atomic mass is 10.1. The van der Waals surface area contributed by atoms with Crippen LogP contribution in [0.25, 0.3) is 0 Å². The smallest absolute Gasteiger partial charge is 0.190 e. The molecule has 1 aromatic heterocycles. The first-order valence-corrected chi connectivity index (χ1v) is 10.6. The van der Waals surface area contributed by atoms with Gasteiger partial charge in [0.05, 0.1) is 0 Å². The fourth-order valence-electron chi connectivity index (χ4n) is 2.87. The van der Waals surface area contributed by atoms with E-state index in [4.69, 9.17) is 12.2 Å². The molecule has 26 heavy (non-hydrogen) atoms.